The van der Waals surface area contributed by atoms with E-state index in [1.807, 2.05) is 18.5 Å². The van der Waals surface area contributed by atoms with Crippen molar-refractivity contribution < 1.29 is 4.79 Å². The van der Waals surface area contributed by atoms with Crippen LogP contribution in [0.5, 0.6) is 0 Å². The van der Waals surface area contributed by atoms with Crippen molar-refractivity contribution >= 4 is 18.3 Å². The molecule has 2 heterocycles. The van der Waals surface area contributed by atoms with Gasteiger partial charge >= 0.3 is 0 Å². The number of aryl methyl sites for hydroxylation is 2. The second kappa shape index (κ2) is 7.61. The SMILES string of the molecule is Cc1cc(=O)c(C(=O)N2CCCC(CCN)C2)cn1C.Cl. The van der Waals surface area contributed by atoms with E-state index in [9.17, 15) is 9.59 Å². The van der Waals surface area contributed by atoms with Crippen LogP contribution in [0, 0.1) is 12.8 Å². The number of carbonyl (C=O) groups is 1. The van der Waals surface area contributed by atoms with E-state index >= 15 is 0 Å². The van der Waals surface area contributed by atoms with E-state index < -0.39 is 0 Å². The molecule has 0 aliphatic carbocycles. The van der Waals surface area contributed by atoms with Gasteiger partial charge in [-0.1, -0.05) is 0 Å². The zero-order valence-corrected chi connectivity index (χ0v) is 13.5. The Kier molecular flexibility index (Phi) is 6.42. The van der Waals surface area contributed by atoms with Crippen LogP contribution >= 0.6 is 12.4 Å². The second-order valence-corrected chi connectivity index (χ2v) is 5.64. The van der Waals surface area contributed by atoms with Gasteiger partial charge in [0, 0.05) is 38.1 Å². The molecule has 0 bridgehead atoms. The summed E-state index contributed by atoms with van der Waals surface area (Å²) >= 11 is 0. The molecule has 1 unspecified atom stereocenters. The minimum absolute atomic E-state index is 0. The van der Waals surface area contributed by atoms with E-state index in [4.69, 9.17) is 5.73 Å². The van der Waals surface area contributed by atoms with Crippen molar-refractivity contribution in [2.75, 3.05) is 19.6 Å². The molecule has 0 saturated carbocycles. The van der Waals surface area contributed by atoms with E-state index in [2.05, 4.69) is 0 Å². The van der Waals surface area contributed by atoms with Crippen molar-refractivity contribution in [3.63, 3.8) is 0 Å². The first-order valence-electron chi connectivity index (χ1n) is 7.19. The van der Waals surface area contributed by atoms with Crippen LogP contribution in [0.3, 0.4) is 0 Å². The molecule has 2 rings (SSSR count). The molecule has 0 radical (unpaired) electrons. The fourth-order valence-electron chi connectivity index (χ4n) is 2.78. The molecule has 1 aliphatic rings. The first-order valence-corrected chi connectivity index (χ1v) is 7.19. The van der Waals surface area contributed by atoms with Crippen molar-refractivity contribution in [1.82, 2.24) is 9.47 Å². The number of hydrogen-bond acceptors (Lipinski definition) is 3. The van der Waals surface area contributed by atoms with Gasteiger partial charge in [0.25, 0.3) is 5.91 Å². The minimum atomic E-state index is -0.188. The van der Waals surface area contributed by atoms with Crippen LogP contribution in [0.25, 0.3) is 0 Å². The Labute approximate surface area is 131 Å². The number of aromatic nitrogens is 1. The largest absolute Gasteiger partial charge is 0.354 e. The van der Waals surface area contributed by atoms with E-state index in [1.54, 1.807) is 11.1 Å². The number of carbonyl (C=O) groups excluding carboxylic acids is 1. The van der Waals surface area contributed by atoms with Gasteiger partial charge in [-0.2, -0.15) is 0 Å². The first-order chi connectivity index (χ1) is 9.52. The van der Waals surface area contributed by atoms with Crippen LogP contribution in [0.4, 0.5) is 0 Å². The van der Waals surface area contributed by atoms with Crippen LogP contribution < -0.4 is 11.2 Å². The highest BCUT2D eigenvalue weighted by molar-refractivity contribution is 5.94. The Morgan fingerprint density at radius 1 is 1.48 bits per heavy atom. The van der Waals surface area contributed by atoms with Crippen LogP contribution in [-0.4, -0.2) is 35.0 Å². The lowest BCUT2D eigenvalue weighted by Gasteiger charge is -2.32. The molecule has 1 aliphatic heterocycles. The van der Waals surface area contributed by atoms with Gasteiger partial charge in [0.1, 0.15) is 5.56 Å². The number of amides is 1. The first kappa shape index (κ1) is 17.7. The molecule has 0 spiro atoms. The van der Waals surface area contributed by atoms with Crippen molar-refractivity contribution in [2.45, 2.75) is 26.2 Å². The summed E-state index contributed by atoms with van der Waals surface area (Å²) in [7, 11) is 1.85. The quantitative estimate of drug-likeness (QED) is 0.915. The van der Waals surface area contributed by atoms with Gasteiger partial charge in [0.05, 0.1) is 0 Å². The fraction of sp³-hybridized carbons (Fsp3) is 0.600. The van der Waals surface area contributed by atoms with Crippen molar-refractivity contribution in [3.05, 3.63) is 33.7 Å². The predicted molar refractivity (Wildman–Crippen MR) is 86.0 cm³/mol. The molecule has 1 fully saturated rings. The Bertz CT molecular complexity index is 554. The molecule has 2 N–H and O–H groups in total. The van der Waals surface area contributed by atoms with Gasteiger partial charge in [0.2, 0.25) is 0 Å². The van der Waals surface area contributed by atoms with Gasteiger partial charge in [0.15, 0.2) is 5.43 Å². The number of rotatable bonds is 3. The molecular formula is C15H24ClN3O2. The molecule has 118 valence electrons. The van der Waals surface area contributed by atoms with Crippen molar-refractivity contribution in [1.29, 1.82) is 0 Å². The summed E-state index contributed by atoms with van der Waals surface area (Å²) in [5, 5.41) is 0. The molecule has 1 saturated heterocycles. The van der Waals surface area contributed by atoms with Gasteiger partial charge in [-0.05, 0) is 38.6 Å². The maximum absolute atomic E-state index is 12.5. The van der Waals surface area contributed by atoms with Crippen LogP contribution in [-0.2, 0) is 7.05 Å². The van der Waals surface area contributed by atoms with Crippen molar-refractivity contribution in [3.8, 4) is 0 Å². The number of likely N-dealkylation sites (tertiary alicyclic amines) is 1. The average molecular weight is 314 g/mol. The Morgan fingerprint density at radius 2 is 2.19 bits per heavy atom. The third-order valence-corrected chi connectivity index (χ3v) is 4.10. The number of pyridine rings is 1. The molecule has 1 aromatic heterocycles. The van der Waals surface area contributed by atoms with Gasteiger partial charge < -0.3 is 15.2 Å². The van der Waals surface area contributed by atoms with Gasteiger partial charge in [-0.3, -0.25) is 9.59 Å². The molecule has 0 aromatic carbocycles. The number of nitrogens with two attached hydrogens (primary N) is 1. The third kappa shape index (κ3) is 4.08. The second-order valence-electron chi connectivity index (χ2n) is 5.64. The number of piperidine rings is 1. The fourth-order valence-corrected chi connectivity index (χ4v) is 2.78. The zero-order chi connectivity index (χ0) is 14.7. The van der Waals surface area contributed by atoms with E-state index in [0.717, 1.165) is 31.5 Å². The summed E-state index contributed by atoms with van der Waals surface area (Å²) in [4.78, 5) is 26.3. The normalized spacial score (nSPS) is 18.2. The molecule has 5 nitrogen and oxygen atoms in total. The summed E-state index contributed by atoms with van der Waals surface area (Å²) in [6.07, 6.45) is 4.69. The number of nitrogens with zero attached hydrogens (tertiary/aromatic N) is 2. The highest BCUT2D eigenvalue weighted by atomic mass is 35.5. The minimum Gasteiger partial charge on any atom is -0.354 e. The molecule has 1 amide bonds. The lowest BCUT2D eigenvalue weighted by Crippen LogP contribution is -2.42. The van der Waals surface area contributed by atoms with E-state index in [-0.39, 0.29) is 29.3 Å². The van der Waals surface area contributed by atoms with E-state index in [0.29, 0.717) is 19.0 Å². The lowest BCUT2D eigenvalue weighted by atomic mass is 9.94. The summed E-state index contributed by atoms with van der Waals surface area (Å²) in [5.74, 6) is 0.319. The standard InChI is InChI=1S/C15H23N3O2.ClH/c1-11-8-14(19)13(10-17(11)2)15(20)18-7-3-4-12(9-18)5-6-16;/h8,10,12H,3-7,9,16H2,1-2H3;1H. The Morgan fingerprint density at radius 3 is 2.86 bits per heavy atom. The van der Waals surface area contributed by atoms with Crippen LogP contribution in [0.1, 0.15) is 35.3 Å². The maximum atomic E-state index is 12.5. The summed E-state index contributed by atoms with van der Waals surface area (Å²) in [6.45, 7) is 3.96. The van der Waals surface area contributed by atoms with Gasteiger partial charge in [-0.25, -0.2) is 0 Å². The highest BCUT2D eigenvalue weighted by Crippen LogP contribution is 2.20. The molecule has 6 heteroatoms. The lowest BCUT2D eigenvalue weighted by molar-refractivity contribution is 0.0667. The Balaban J connectivity index is 0.00000220. The zero-order valence-electron chi connectivity index (χ0n) is 12.7. The third-order valence-electron chi connectivity index (χ3n) is 4.10. The average Bonchev–Trinajstić information content (AvgIpc) is 2.43. The topological polar surface area (TPSA) is 68.3 Å². The van der Waals surface area contributed by atoms with Gasteiger partial charge in [-0.15, -0.1) is 12.4 Å². The molecule has 1 atom stereocenters. The smallest absolute Gasteiger partial charge is 0.259 e. The Hall–Kier alpha value is -1.33. The monoisotopic (exact) mass is 313 g/mol. The van der Waals surface area contributed by atoms with Crippen LogP contribution in [0.15, 0.2) is 17.1 Å². The summed E-state index contributed by atoms with van der Waals surface area (Å²) in [5.41, 5.74) is 6.53. The maximum Gasteiger partial charge on any atom is 0.259 e. The van der Waals surface area contributed by atoms with E-state index in [1.165, 1.54) is 6.07 Å². The molecular weight excluding hydrogens is 290 g/mol. The van der Waals surface area contributed by atoms with Crippen LogP contribution in [0.2, 0.25) is 0 Å². The van der Waals surface area contributed by atoms with Crippen molar-refractivity contribution in [2.24, 2.45) is 18.7 Å². The highest BCUT2D eigenvalue weighted by Gasteiger charge is 2.25. The summed E-state index contributed by atoms with van der Waals surface area (Å²) < 4.78 is 1.82. The summed E-state index contributed by atoms with van der Waals surface area (Å²) in [6, 6.07) is 1.52. The number of hydrogen-bond donors (Lipinski definition) is 1. The molecule has 21 heavy (non-hydrogen) atoms. The number of halogens is 1. The predicted octanol–water partition coefficient (Wildman–Crippen LogP) is 1.32. The molecule has 1 aromatic rings.